The largest absolute Gasteiger partial charge is 0.383 e. The molecule has 0 aromatic carbocycles. The van der Waals surface area contributed by atoms with Gasteiger partial charge in [0.25, 0.3) is 0 Å². The third-order valence-electron chi connectivity index (χ3n) is 4.16. The van der Waals surface area contributed by atoms with Gasteiger partial charge in [0.1, 0.15) is 0 Å². The molecule has 0 bridgehead atoms. The molecule has 2 fully saturated rings. The van der Waals surface area contributed by atoms with Gasteiger partial charge in [-0.3, -0.25) is 9.78 Å². The van der Waals surface area contributed by atoms with E-state index in [0.717, 1.165) is 24.2 Å². The molecular formula is C14H19N3O. The Bertz CT molecular complexity index is 468. The minimum absolute atomic E-state index is 0.251. The quantitative estimate of drug-likeness (QED) is 0.777. The zero-order valence-electron chi connectivity index (χ0n) is 10.7. The Labute approximate surface area is 107 Å². The van der Waals surface area contributed by atoms with Crippen LogP contribution in [0.5, 0.6) is 0 Å². The maximum atomic E-state index is 11.8. The fourth-order valence-electron chi connectivity index (χ4n) is 2.61. The minimum atomic E-state index is 0.251. The third-order valence-corrected chi connectivity index (χ3v) is 4.16. The summed E-state index contributed by atoms with van der Waals surface area (Å²) < 4.78 is 0. The van der Waals surface area contributed by atoms with Crippen molar-refractivity contribution in [2.75, 3.05) is 18.4 Å². The van der Waals surface area contributed by atoms with Crippen LogP contribution < -0.4 is 10.6 Å². The highest BCUT2D eigenvalue weighted by Crippen LogP contribution is 2.70. The first-order valence-electron chi connectivity index (χ1n) is 6.63. The van der Waals surface area contributed by atoms with Gasteiger partial charge in [-0.15, -0.1) is 0 Å². The minimum Gasteiger partial charge on any atom is -0.383 e. The van der Waals surface area contributed by atoms with Gasteiger partial charge < -0.3 is 10.6 Å². The van der Waals surface area contributed by atoms with Gasteiger partial charge in [-0.25, -0.2) is 0 Å². The highest BCUT2D eigenvalue weighted by Gasteiger charge is 2.65. The van der Waals surface area contributed by atoms with E-state index in [1.54, 1.807) is 6.20 Å². The summed E-state index contributed by atoms with van der Waals surface area (Å²) in [6.45, 7) is 3.47. The normalized spacial score (nSPS) is 22.6. The first kappa shape index (κ1) is 11.5. The third kappa shape index (κ3) is 2.19. The number of nitrogens with one attached hydrogen (secondary N) is 2. The van der Waals surface area contributed by atoms with E-state index >= 15 is 0 Å². The van der Waals surface area contributed by atoms with Crippen LogP contribution in [0.3, 0.4) is 0 Å². The number of nitrogens with zero attached hydrogens (tertiary/aromatic N) is 1. The number of rotatable bonds is 5. The molecule has 1 amide bonds. The lowest BCUT2D eigenvalue weighted by atomic mass is 10.2. The molecule has 1 heterocycles. The van der Waals surface area contributed by atoms with E-state index in [9.17, 15) is 4.79 Å². The van der Waals surface area contributed by atoms with E-state index in [1.807, 2.05) is 19.2 Å². The lowest BCUT2D eigenvalue weighted by molar-refractivity contribution is -0.122. The summed E-state index contributed by atoms with van der Waals surface area (Å²) in [5.74, 6) is 0.570. The molecule has 1 unspecified atom stereocenters. The molecule has 96 valence electrons. The highest BCUT2D eigenvalue weighted by atomic mass is 16.2. The number of aromatic nitrogens is 1. The zero-order valence-corrected chi connectivity index (χ0v) is 10.7. The molecule has 0 saturated heterocycles. The summed E-state index contributed by atoms with van der Waals surface area (Å²) in [5, 5.41) is 6.32. The van der Waals surface area contributed by atoms with E-state index in [-0.39, 0.29) is 5.91 Å². The van der Waals surface area contributed by atoms with Crippen molar-refractivity contribution in [3.63, 3.8) is 0 Å². The van der Waals surface area contributed by atoms with Crippen LogP contribution in [-0.4, -0.2) is 24.0 Å². The van der Waals surface area contributed by atoms with Gasteiger partial charge in [-0.1, -0.05) is 0 Å². The molecule has 2 saturated carbocycles. The Kier molecular flexibility index (Phi) is 2.73. The number of carbonyl (C=O) groups excluding carboxylic acids is 1. The van der Waals surface area contributed by atoms with E-state index in [4.69, 9.17) is 0 Å². The van der Waals surface area contributed by atoms with Gasteiger partial charge in [0.2, 0.25) is 5.91 Å². The van der Waals surface area contributed by atoms with Gasteiger partial charge in [-0.2, -0.15) is 0 Å². The van der Waals surface area contributed by atoms with Crippen LogP contribution in [-0.2, 0) is 4.79 Å². The molecular weight excluding hydrogens is 226 g/mol. The average molecular weight is 245 g/mol. The zero-order chi connectivity index (χ0) is 12.6. The van der Waals surface area contributed by atoms with Crippen molar-refractivity contribution < 1.29 is 4.79 Å². The molecule has 1 aromatic heterocycles. The molecule has 2 aliphatic carbocycles. The molecule has 1 aromatic rings. The van der Waals surface area contributed by atoms with Crippen molar-refractivity contribution in [1.29, 1.82) is 0 Å². The van der Waals surface area contributed by atoms with Crippen LogP contribution in [0.25, 0.3) is 0 Å². The molecule has 4 nitrogen and oxygen atoms in total. The summed E-state index contributed by atoms with van der Waals surface area (Å²) in [6, 6.07) is 1.96. The number of carbonyl (C=O) groups is 1. The van der Waals surface area contributed by atoms with Gasteiger partial charge in [0.05, 0.1) is 0 Å². The summed E-state index contributed by atoms with van der Waals surface area (Å²) >= 11 is 0. The number of anilines is 1. The van der Waals surface area contributed by atoms with Gasteiger partial charge in [0.15, 0.2) is 0 Å². The van der Waals surface area contributed by atoms with Crippen LogP contribution in [0.4, 0.5) is 5.69 Å². The van der Waals surface area contributed by atoms with E-state index in [1.165, 1.54) is 12.8 Å². The maximum absolute atomic E-state index is 11.8. The van der Waals surface area contributed by atoms with Crippen molar-refractivity contribution in [1.82, 2.24) is 10.3 Å². The number of hydrogen-bond acceptors (Lipinski definition) is 3. The van der Waals surface area contributed by atoms with Crippen molar-refractivity contribution in [2.24, 2.45) is 11.3 Å². The first-order valence-corrected chi connectivity index (χ1v) is 6.63. The fraction of sp³-hybridized carbons (Fsp3) is 0.571. The van der Waals surface area contributed by atoms with E-state index in [0.29, 0.717) is 17.9 Å². The molecule has 3 rings (SSSR count). The molecule has 18 heavy (non-hydrogen) atoms. The number of amides is 1. The monoisotopic (exact) mass is 245 g/mol. The smallest absolute Gasteiger partial charge is 0.223 e. The van der Waals surface area contributed by atoms with Crippen LogP contribution in [0.2, 0.25) is 0 Å². The van der Waals surface area contributed by atoms with Crippen molar-refractivity contribution in [3.8, 4) is 0 Å². The van der Waals surface area contributed by atoms with Gasteiger partial charge >= 0.3 is 0 Å². The fourth-order valence-corrected chi connectivity index (χ4v) is 2.61. The molecule has 0 aliphatic heterocycles. The number of aryl methyl sites for hydroxylation is 1. The topological polar surface area (TPSA) is 54.0 Å². The maximum Gasteiger partial charge on any atom is 0.223 e. The van der Waals surface area contributed by atoms with Gasteiger partial charge in [0, 0.05) is 37.1 Å². The van der Waals surface area contributed by atoms with E-state index in [2.05, 4.69) is 15.6 Å². The van der Waals surface area contributed by atoms with Crippen molar-refractivity contribution in [2.45, 2.75) is 26.2 Å². The van der Waals surface area contributed by atoms with Crippen molar-refractivity contribution in [3.05, 3.63) is 24.0 Å². The lowest BCUT2D eigenvalue weighted by Crippen LogP contribution is -2.30. The van der Waals surface area contributed by atoms with Crippen molar-refractivity contribution >= 4 is 11.6 Å². The highest BCUT2D eigenvalue weighted by molar-refractivity contribution is 5.83. The second kappa shape index (κ2) is 4.26. The molecule has 2 aliphatic rings. The Morgan fingerprint density at radius 3 is 3.00 bits per heavy atom. The second-order valence-electron chi connectivity index (χ2n) is 5.53. The number of pyridine rings is 1. The van der Waals surface area contributed by atoms with Gasteiger partial charge in [-0.05, 0) is 43.2 Å². The first-order chi connectivity index (χ1) is 8.71. The summed E-state index contributed by atoms with van der Waals surface area (Å²) in [7, 11) is 0. The summed E-state index contributed by atoms with van der Waals surface area (Å²) in [6.07, 6.45) is 7.26. The molecule has 4 heteroatoms. The lowest BCUT2D eigenvalue weighted by Gasteiger charge is -2.09. The van der Waals surface area contributed by atoms with Crippen LogP contribution in [0, 0.1) is 18.3 Å². The molecule has 1 spiro atoms. The second-order valence-corrected chi connectivity index (χ2v) is 5.53. The summed E-state index contributed by atoms with van der Waals surface area (Å²) in [5.41, 5.74) is 2.67. The van der Waals surface area contributed by atoms with E-state index < -0.39 is 0 Å². The summed E-state index contributed by atoms with van der Waals surface area (Å²) in [4.78, 5) is 15.8. The molecule has 2 N–H and O–H groups in total. The predicted molar refractivity (Wildman–Crippen MR) is 70.2 cm³/mol. The average Bonchev–Trinajstić information content (AvgIpc) is 3.28. The Morgan fingerprint density at radius 1 is 1.50 bits per heavy atom. The van der Waals surface area contributed by atoms with Crippen LogP contribution in [0.15, 0.2) is 18.5 Å². The number of hydrogen-bond donors (Lipinski definition) is 2. The molecule has 0 radical (unpaired) electrons. The Balaban J connectivity index is 1.38. The molecule has 1 atom stereocenters. The SMILES string of the molecule is Cc1cnccc1NCCNC(=O)C1CC12CC2. The standard InChI is InChI=1S/C14H19N3O/c1-10-9-15-5-2-12(10)16-6-7-17-13(18)11-8-14(11)3-4-14/h2,5,9,11H,3-4,6-8H2,1H3,(H,15,16)(H,17,18). The van der Waals surface area contributed by atoms with Crippen LogP contribution >= 0.6 is 0 Å². The Morgan fingerprint density at radius 2 is 2.33 bits per heavy atom. The predicted octanol–water partition coefficient (Wildman–Crippen LogP) is 1.72. The Hall–Kier alpha value is -1.58. The van der Waals surface area contributed by atoms with Crippen LogP contribution in [0.1, 0.15) is 24.8 Å².